The lowest BCUT2D eigenvalue weighted by atomic mass is 10.0. The maximum atomic E-state index is 13.2. The fraction of sp³-hybridized carbons (Fsp3) is 0.954. The zero-order valence-corrected chi connectivity index (χ0v) is 71.4. The van der Waals surface area contributed by atoms with Crippen molar-refractivity contribution in [2.24, 2.45) is 5.92 Å². The minimum Gasteiger partial charge on any atom is -0.462 e. The molecule has 0 saturated heterocycles. The van der Waals surface area contributed by atoms with Crippen molar-refractivity contribution in [1.29, 1.82) is 0 Å². The SMILES string of the molecule is CCCCCCCCCCCCCCCCCCCCCCC(=O)OC[C@H](COP(=O)(O)OC[C@@H](O)COP(=O)(O)OC[C@@H](COC(=O)CCCCCCCCCCCCC)OC(=O)CCCCCCCCCCCCCCC(C)C)OC(=O)CCCCCCCCCCCCCCCCCCCCCC. The molecule has 0 heterocycles. The maximum absolute atomic E-state index is 13.2. The summed E-state index contributed by atoms with van der Waals surface area (Å²) >= 11 is 0. The molecule has 0 aliphatic heterocycles. The third kappa shape index (κ3) is 80.1. The molecule has 0 fully saturated rings. The van der Waals surface area contributed by atoms with Gasteiger partial charge in [-0.05, 0) is 31.6 Å². The molecule has 5 atom stereocenters. The second kappa shape index (κ2) is 79.7. The minimum atomic E-state index is -4.97. The summed E-state index contributed by atoms with van der Waals surface area (Å²) in [6.45, 7) is 7.37. The highest BCUT2D eigenvalue weighted by atomic mass is 31.2. The molecule has 106 heavy (non-hydrogen) atoms. The number of ether oxygens (including phenoxy) is 4. The van der Waals surface area contributed by atoms with Gasteiger partial charge in [-0.25, -0.2) is 9.13 Å². The molecule has 2 unspecified atom stereocenters. The predicted octanol–water partition coefficient (Wildman–Crippen LogP) is 26.8. The highest BCUT2D eigenvalue weighted by Gasteiger charge is 2.30. The number of aliphatic hydroxyl groups excluding tert-OH is 1. The Morgan fingerprint density at radius 2 is 0.434 bits per heavy atom. The van der Waals surface area contributed by atoms with Gasteiger partial charge >= 0.3 is 39.5 Å². The zero-order chi connectivity index (χ0) is 77.6. The molecule has 3 N–H and O–H groups in total. The lowest BCUT2D eigenvalue weighted by Gasteiger charge is -2.21. The third-order valence-corrected chi connectivity index (χ3v) is 22.4. The molecule has 0 aliphatic rings. The Morgan fingerprint density at radius 1 is 0.255 bits per heavy atom. The Balaban J connectivity index is 5.23. The first-order chi connectivity index (χ1) is 51.5. The van der Waals surface area contributed by atoms with Crippen molar-refractivity contribution < 1.29 is 80.2 Å². The second-order valence-corrected chi connectivity index (χ2v) is 34.7. The highest BCUT2D eigenvalue weighted by Crippen LogP contribution is 2.45. The molecule has 0 aliphatic carbocycles. The number of phosphoric ester groups is 2. The van der Waals surface area contributed by atoms with Crippen LogP contribution in [0.3, 0.4) is 0 Å². The van der Waals surface area contributed by atoms with E-state index < -0.39 is 97.5 Å². The summed E-state index contributed by atoms with van der Waals surface area (Å²) in [4.78, 5) is 73.3. The van der Waals surface area contributed by atoms with Gasteiger partial charge in [-0.3, -0.25) is 37.3 Å². The van der Waals surface area contributed by atoms with Gasteiger partial charge in [-0.15, -0.1) is 0 Å². The van der Waals surface area contributed by atoms with Gasteiger partial charge < -0.3 is 33.8 Å². The smallest absolute Gasteiger partial charge is 0.462 e. The van der Waals surface area contributed by atoms with E-state index in [1.807, 2.05) is 0 Å². The molecule has 0 radical (unpaired) electrons. The van der Waals surface area contributed by atoms with Crippen molar-refractivity contribution in [1.82, 2.24) is 0 Å². The van der Waals surface area contributed by atoms with Crippen LogP contribution in [0.15, 0.2) is 0 Å². The Labute approximate surface area is 651 Å². The van der Waals surface area contributed by atoms with Crippen molar-refractivity contribution in [2.45, 2.75) is 490 Å². The van der Waals surface area contributed by atoms with Crippen LogP contribution in [0, 0.1) is 5.92 Å². The van der Waals surface area contributed by atoms with Crippen LogP contribution in [0.25, 0.3) is 0 Å². The topological polar surface area (TPSA) is 237 Å². The predicted molar refractivity (Wildman–Crippen MR) is 437 cm³/mol. The van der Waals surface area contributed by atoms with Crippen LogP contribution in [0.2, 0.25) is 0 Å². The number of unbranched alkanes of at least 4 members (excludes halogenated alkanes) is 59. The van der Waals surface area contributed by atoms with Crippen LogP contribution in [-0.2, 0) is 65.4 Å². The number of esters is 4. The molecule has 0 saturated carbocycles. The highest BCUT2D eigenvalue weighted by molar-refractivity contribution is 7.47. The van der Waals surface area contributed by atoms with E-state index in [9.17, 15) is 43.2 Å². The quantitative estimate of drug-likeness (QED) is 0.0222. The Morgan fingerprint density at radius 3 is 0.642 bits per heavy atom. The fourth-order valence-corrected chi connectivity index (χ4v) is 15.2. The Bertz CT molecular complexity index is 2010. The standard InChI is InChI=1S/C87H170O17P2/c1-6-9-12-15-18-21-24-26-28-30-32-34-36-38-40-46-51-56-61-66-71-85(90)98-77-83(103-86(91)72-67-62-57-52-47-41-39-37-35-33-31-29-27-25-22-19-16-13-10-7-2)79-102-106(95,96)100-75-81(88)74-99-105(93,94)101-78-82(76-97-84(89)70-65-60-55-50-44-23-20-17-14-11-8-3)104-87(92)73-68-63-58-53-48-43-42-45-49-54-59-64-69-80(4)5/h80-83,88H,6-79H2,1-5H3,(H,93,94)(H,95,96)/t81-,82+,83+/m0/s1. The van der Waals surface area contributed by atoms with Gasteiger partial charge in [0.1, 0.15) is 19.3 Å². The van der Waals surface area contributed by atoms with Gasteiger partial charge in [0, 0.05) is 25.7 Å². The molecule has 0 rings (SSSR count). The van der Waals surface area contributed by atoms with Crippen molar-refractivity contribution in [3.8, 4) is 0 Å². The molecule has 0 bridgehead atoms. The zero-order valence-electron chi connectivity index (χ0n) is 69.6. The summed E-state index contributed by atoms with van der Waals surface area (Å²) < 4.78 is 68.9. The molecule has 19 heteroatoms. The fourth-order valence-electron chi connectivity index (χ4n) is 13.6. The van der Waals surface area contributed by atoms with Crippen molar-refractivity contribution in [3.05, 3.63) is 0 Å². The molecular weight excluding hydrogens is 1380 g/mol. The molecule has 0 amide bonds. The van der Waals surface area contributed by atoms with Crippen LogP contribution >= 0.6 is 15.6 Å². The molecule has 0 aromatic rings. The van der Waals surface area contributed by atoms with E-state index in [4.69, 9.17) is 37.0 Å². The van der Waals surface area contributed by atoms with Crippen LogP contribution in [0.5, 0.6) is 0 Å². The molecular formula is C87H170O17P2. The molecule has 17 nitrogen and oxygen atoms in total. The van der Waals surface area contributed by atoms with Crippen LogP contribution in [0.1, 0.15) is 471 Å². The Kier molecular flexibility index (Phi) is 78.2. The summed E-state index contributed by atoms with van der Waals surface area (Å²) in [5.41, 5.74) is 0. The average Bonchev–Trinajstić information content (AvgIpc) is 0.903. The van der Waals surface area contributed by atoms with Gasteiger partial charge in [0.15, 0.2) is 12.2 Å². The lowest BCUT2D eigenvalue weighted by Crippen LogP contribution is -2.30. The monoisotopic (exact) mass is 1550 g/mol. The number of carbonyl (C=O) groups excluding carboxylic acids is 4. The molecule has 0 aromatic carbocycles. The van der Waals surface area contributed by atoms with Crippen LogP contribution in [-0.4, -0.2) is 96.7 Å². The molecule has 630 valence electrons. The van der Waals surface area contributed by atoms with Crippen molar-refractivity contribution in [2.75, 3.05) is 39.6 Å². The number of rotatable bonds is 87. The number of carbonyl (C=O) groups is 4. The van der Waals surface area contributed by atoms with Crippen molar-refractivity contribution in [3.63, 3.8) is 0 Å². The number of aliphatic hydroxyl groups is 1. The van der Waals surface area contributed by atoms with Gasteiger partial charge in [-0.2, -0.15) is 0 Å². The first kappa shape index (κ1) is 104. The molecule has 0 aromatic heterocycles. The van der Waals surface area contributed by atoms with E-state index in [-0.39, 0.29) is 25.7 Å². The molecule has 0 spiro atoms. The number of hydrogen-bond acceptors (Lipinski definition) is 15. The van der Waals surface area contributed by atoms with Gasteiger partial charge in [0.2, 0.25) is 0 Å². The van der Waals surface area contributed by atoms with E-state index in [0.29, 0.717) is 25.7 Å². The van der Waals surface area contributed by atoms with Gasteiger partial charge in [-0.1, -0.05) is 420 Å². The van der Waals surface area contributed by atoms with E-state index in [0.717, 1.165) is 95.8 Å². The first-order valence-corrected chi connectivity index (χ1v) is 48.1. The summed E-state index contributed by atoms with van der Waals surface area (Å²) in [5.74, 6) is -1.32. The summed E-state index contributed by atoms with van der Waals surface area (Å²) in [6.07, 6.45) is 73.6. The number of hydrogen-bond donors (Lipinski definition) is 3. The van der Waals surface area contributed by atoms with E-state index in [1.54, 1.807) is 0 Å². The van der Waals surface area contributed by atoms with E-state index in [2.05, 4.69) is 34.6 Å². The van der Waals surface area contributed by atoms with E-state index >= 15 is 0 Å². The van der Waals surface area contributed by atoms with Crippen molar-refractivity contribution >= 4 is 39.5 Å². The van der Waals surface area contributed by atoms with Crippen LogP contribution < -0.4 is 0 Å². The first-order valence-electron chi connectivity index (χ1n) is 45.1. The van der Waals surface area contributed by atoms with Gasteiger partial charge in [0.25, 0.3) is 0 Å². The Hall–Kier alpha value is -1.94. The normalized spacial score (nSPS) is 13.7. The van der Waals surface area contributed by atoms with E-state index in [1.165, 1.54) is 295 Å². The number of phosphoric acid groups is 2. The average molecular weight is 1550 g/mol. The van der Waals surface area contributed by atoms with Crippen LogP contribution in [0.4, 0.5) is 0 Å². The lowest BCUT2D eigenvalue weighted by molar-refractivity contribution is -0.161. The second-order valence-electron chi connectivity index (χ2n) is 31.8. The minimum absolute atomic E-state index is 0.108. The summed E-state index contributed by atoms with van der Waals surface area (Å²) in [5, 5.41) is 10.7. The summed E-state index contributed by atoms with van der Waals surface area (Å²) in [6, 6.07) is 0. The van der Waals surface area contributed by atoms with Gasteiger partial charge in [0.05, 0.1) is 26.4 Å². The third-order valence-electron chi connectivity index (χ3n) is 20.5. The maximum Gasteiger partial charge on any atom is 0.472 e. The largest absolute Gasteiger partial charge is 0.472 e. The summed E-state index contributed by atoms with van der Waals surface area (Å²) in [7, 11) is -9.93.